The zero-order chi connectivity index (χ0) is 25.5. The number of hydrogen-bond acceptors (Lipinski definition) is 5. The summed E-state index contributed by atoms with van der Waals surface area (Å²) in [7, 11) is 0. The Labute approximate surface area is 218 Å². The number of rotatable bonds is 9. The minimum Gasteiger partial charge on any atom is -0.484 e. The van der Waals surface area contributed by atoms with Crippen molar-refractivity contribution in [3.05, 3.63) is 100 Å². The van der Waals surface area contributed by atoms with Crippen LogP contribution in [0.1, 0.15) is 17.0 Å². The molecule has 4 rings (SSSR count). The van der Waals surface area contributed by atoms with Crippen LogP contribution in [0.4, 0.5) is 13.2 Å². The van der Waals surface area contributed by atoms with Gasteiger partial charge in [-0.05, 0) is 48.0 Å². The number of nitrogens with zero attached hydrogens (tertiary/aromatic N) is 3. The number of carbonyl (C=O) groups is 1. The van der Waals surface area contributed by atoms with Gasteiger partial charge in [0.25, 0.3) is 5.91 Å². The van der Waals surface area contributed by atoms with E-state index in [9.17, 15) is 18.0 Å². The van der Waals surface area contributed by atoms with Crippen molar-refractivity contribution in [2.75, 3.05) is 6.61 Å². The van der Waals surface area contributed by atoms with Crippen molar-refractivity contribution < 1.29 is 22.7 Å². The fraction of sp³-hybridized carbons (Fsp3) is 0.160. The predicted octanol–water partition coefficient (Wildman–Crippen LogP) is 6.04. The number of thioether (sulfide) groups is 1. The Hall–Kier alpha value is -3.31. The Bertz CT molecular complexity index is 1320. The van der Waals surface area contributed by atoms with Gasteiger partial charge in [0, 0.05) is 10.2 Å². The molecule has 4 aromatic rings. The van der Waals surface area contributed by atoms with Gasteiger partial charge in [0.1, 0.15) is 5.75 Å². The van der Waals surface area contributed by atoms with Crippen LogP contribution in [-0.4, -0.2) is 27.3 Å². The molecule has 3 aromatic carbocycles. The summed E-state index contributed by atoms with van der Waals surface area (Å²) in [5, 5.41) is 11.4. The molecule has 1 N–H and O–H groups in total. The first-order valence-corrected chi connectivity index (χ1v) is 12.5. The highest BCUT2D eigenvalue weighted by Crippen LogP contribution is 2.32. The van der Waals surface area contributed by atoms with Crippen LogP contribution >= 0.6 is 27.7 Å². The summed E-state index contributed by atoms with van der Waals surface area (Å²) in [6, 6.07) is 21.5. The van der Waals surface area contributed by atoms with Crippen molar-refractivity contribution in [1.82, 2.24) is 20.1 Å². The molecule has 1 amide bonds. The number of halogens is 4. The van der Waals surface area contributed by atoms with E-state index in [2.05, 4.69) is 31.4 Å². The SMILES string of the molecule is O=C(COc1ccccc1)NCc1nnc(SCc2ccc(Br)cc2)n1-c1cccc(C(F)(F)F)c1. The quantitative estimate of drug-likeness (QED) is 0.246. The molecule has 1 heterocycles. The van der Waals surface area contributed by atoms with E-state index in [0.717, 1.165) is 22.2 Å². The summed E-state index contributed by atoms with van der Waals surface area (Å²) in [6.07, 6.45) is -4.50. The maximum Gasteiger partial charge on any atom is 0.416 e. The molecular weight excluding hydrogens is 557 g/mol. The minimum absolute atomic E-state index is 0.0426. The Morgan fingerprint density at radius 1 is 1.00 bits per heavy atom. The molecule has 186 valence electrons. The number of ether oxygens (including phenoxy) is 1. The lowest BCUT2D eigenvalue weighted by molar-refractivity contribution is -0.137. The number of hydrogen-bond donors (Lipinski definition) is 1. The summed E-state index contributed by atoms with van der Waals surface area (Å²) in [4.78, 5) is 12.3. The summed E-state index contributed by atoms with van der Waals surface area (Å²) in [5.74, 6) is 0.968. The second-order valence-corrected chi connectivity index (χ2v) is 9.43. The molecule has 0 saturated heterocycles. The van der Waals surface area contributed by atoms with Gasteiger partial charge in [0.15, 0.2) is 17.6 Å². The number of benzene rings is 3. The average molecular weight is 577 g/mol. The fourth-order valence-electron chi connectivity index (χ4n) is 3.21. The molecule has 0 bridgehead atoms. The van der Waals surface area contributed by atoms with E-state index in [4.69, 9.17) is 4.74 Å². The van der Waals surface area contributed by atoms with Crippen LogP contribution in [0.5, 0.6) is 5.75 Å². The van der Waals surface area contributed by atoms with Crippen molar-refractivity contribution >= 4 is 33.6 Å². The van der Waals surface area contributed by atoms with Gasteiger partial charge in [0.05, 0.1) is 17.8 Å². The number of alkyl halides is 3. The molecule has 11 heteroatoms. The maximum atomic E-state index is 13.4. The van der Waals surface area contributed by atoms with Crippen LogP contribution in [0.3, 0.4) is 0 Å². The van der Waals surface area contributed by atoms with E-state index < -0.39 is 17.6 Å². The van der Waals surface area contributed by atoms with Crippen molar-refractivity contribution in [1.29, 1.82) is 0 Å². The number of carbonyl (C=O) groups excluding carboxylic acids is 1. The van der Waals surface area contributed by atoms with E-state index in [1.807, 2.05) is 30.3 Å². The Kier molecular flexibility index (Phi) is 8.32. The van der Waals surface area contributed by atoms with Gasteiger partial charge in [0.2, 0.25) is 0 Å². The molecule has 36 heavy (non-hydrogen) atoms. The lowest BCUT2D eigenvalue weighted by Gasteiger charge is -2.14. The molecule has 0 atom stereocenters. The Balaban J connectivity index is 1.53. The van der Waals surface area contributed by atoms with Gasteiger partial charge in [-0.1, -0.05) is 64.1 Å². The molecule has 6 nitrogen and oxygen atoms in total. The van der Waals surface area contributed by atoms with E-state index in [0.29, 0.717) is 22.5 Å². The number of amides is 1. The highest BCUT2D eigenvalue weighted by molar-refractivity contribution is 9.10. The molecule has 0 spiro atoms. The predicted molar refractivity (Wildman–Crippen MR) is 134 cm³/mol. The van der Waals surface area contributed by atoms with Gasteiger partial charge < -0.3 is 10.1 Å². The van der Waals surface area contributed by atoms with Gasteiger partial charge >= 0.3 is 6.18 Å². The van der Waals surface area contributed by atoms with E-state index in [1.54, 1.807) is 30.3 Å². The lowest BCUT2D eigenvalue weighted by atomic mass is 10.2. The third-order valence-corrected chi connectivity index (χ3v) is 6.50. The molecule has 0 fully saturated rings. The van der Waals surface area contributed by atoms with Gasteiger partial charge in [-0.25, -0.2) is 0 Å². The molecule has 0 saturated carbocycles. The molecule has 0 radical (unpaired) electrons. The number of nitrogens with one attached hydrogen (secondary N) is 1. The molecular formula is C25H20BrF3N4O2S. The van der Waals surface area contributed by atoms with Gasteiger partial charge in [-0.3, -0.25) is 9.36 Å². The first-order valence-electron chi connectivity index (χ1n) is 10.7. The molecule has 1 aromatic heterocycles. The van der Waals surface area contributed by atoms with Crippen LogP contribution in [0, 0.1) is 0 Å². The van der Waals surface area contributed by atoms with Gasteiger partial charge in [-0.15, -0.1) is 10.2 Å². The van der Waals surface area contributed by atoms with Crippen LogP contribution in [0.2, 0.25) is 0 Å². The van der Waals surface area contributed by atoms with Crippen LogP contribution in [-0.2, 0) is 23.3 Å². The standard InChI is InChI=1S/C25H20BrF3N4O2S/c26-19-11-9-17(10-12-19)16-36-24-32-31-22(14-30-23(34)15-35-21-7-2-1-3-8-21)33(24)20-6-4-5-18(13-20)25(27,28)29/h1-13H,14-16H2,(H,30,34). The molecule has 0 aliphatic rings. The average Bonchev–Trinajstić information content (AvgIpc) is 3.29. The number of aromatic nitrogens is 3. The zero-order valence-electron chi connectivity index (χ0n) is 18.7. The van der Waals surface area contributed by atoms with Crippen molar-refractivity contribution in [3.8, 4) is 11.4 Å². The third-order valence-electron chi connectivity index (χ3n) is 4.97. The molecule has 0 aliphatic carbocycles. The van der Waals surface area contributed by atoms with Crippen LogP contribution in [0.25, 0.3) is 5.69 Å². The fourth-order valence-corrected chi connectivity index (χ4v) is 4.40. The first kappa shape index (κ1) is 25.8. The van der Waals surface area contributed by atoms with Crippen LogP contribution < -0.4 is 10.1 Å². The van der Waals surface area contributed by atoms with E-state index >= 15 is 0 Å². The monoisotopic (exact) mass is 576 g/mol. The van der Waals surface area contributed by atoms with Crippen molar-refractivity contribution in [2.24, 2.45) is 0 Å². The zero-order valence-corrected chi connectivity index (χ0v) is 21.1. The molecule has 0 unspecified atom stereocenters. The maximum absolute atomic E-state index is 13.4. The Morgan fingerprint density at radius 3 is 2.47 bits per heavy atom. The van der Waals surface area contributed by atoms with E-state index in [-0.39, 0.29) is 18.8 Å². The lowest BCUT2D eigenvalue weighted by Crippen LogP contribution is -2.29. The van der Waals surface area contributed by atoms with Crippen molar-refractivity contribution in [2.45, 2.75) is 23.6 Å². The second kappa shape index (κ2) is 11.6. The smallest absolute Gasteiger partial charge is 0.416 e. The topological polar surface area (TPSA) is 69.0 Å². The van der Waals surface area contributed by atoms with E-state index in [1.165, 1.54) is 22.4 Å². The normalized spacial score (nSPS) is 11.3. The summed E-state index contributed by atoms with van der Waals surface area (Å²) in [5.41, 5.74) is 0.469. The highest BCUT2D eigenvalue weighted by atomic mass is 79.9. The van der Waals surface area contributed by atoms with Gasteiger partial charge in [-0.2, -0.15) is 13.2 Å². The first-order chi connectivity index (χ1) is 17.3. The summed E-state index contributed by atoms with van der Waals surface area (Å²) >= 11 is 4.73. The summed E-state index contributed by atoms with van der Waals surface area (Å²) in [6.45, 7) is -0.258. The second-order valence-electron chi connectivity index (χ2n) is 7.58. The largest absolute Gasteiger partial charge is 0.484 e. The highest BCUT2D eigenvalue weighted by Gasteiger charge is 2.31. The van der Waals surface area contributed by atoms with Crippen molar-refractivity contribution in [3.63, 3.8) is 0 Å². The number of para-hydroxylation sites is 1. The van der Waals surface area contributed by atoms with Crippen LogP contribution in [0.15, 0.2) is 88.5 Å². The Morgan fingerprint density at radius 2 is 1.75 bits per heavy atom. The minimum atomic E-state index is -4.50. The third kappa shape index (κ3) is 6.88. The molecule has 0 aliphatic heterocycles. The summed E-state index contributed by atoms with van der Waals surface area (Å²) < 4.78 is 48.0.